The van der Waals surface area contributed by atoms with Crippen molar-refractivity contribution >= 4 is 23.1 Å². The Balaban J connectivity index is 1.22. The van der Waals surface area contributed by atoms with E-state index in [0.717, 1.165) is 24.3 Å². The second-order valence-corrected chi connectivity index (χ2v) is 11.5. The third-order valence-corrected chi connectivity index (χ3v) is 8.78. The predicted molar refractivity (Wildman–Crippen MR) is 159 cm³/mol. The van der Waals surface area contributed by atoms with Crippen LogP contribution in [0.5, 0.6) is 11.5 Å². The van der Waals surface area contributed by atoms with Crippen LogP contribution in [-0.4, -0.2) is 48.1 Å². The number of ether oxygens (including phenoxy) is 2. The van der Waals surface area contributed by atoms with E-state index in [4.69, 9.17) is 9.47 Å². The van der Waals surface area contributed by atoms with Crippen LogP contribution in [-0.2, 0) is 13.1 Å². The van der Waals surface area contributed by atoms with E-state index in [2.05, 4.69) is 20.2 Å². The first-order chi connectivity index (χ1) is 20.9. The van der Waals surface area contributed by atoms with E-state index in [1.54, 1.807) is 31.3 Å². The van der Waals surface area contributed by atoms with Crippen molar-refractivity contribution in [3.05, 3.63) is 89.2 Å². The zero-order chi connectivity index (χ0) is 29.7. The van der Waals surface area contributed by atoms with Crippen molar-refractivity contribution in [1.82, 2.24) is 14.9 Å². The number of nitrogens with zero attached hydrogens (tertiary/aromatic N) is 4. The van der Waals surface area contributed by atoms with Gasteiger partial charge in [0.15, 0.2) is 0 Å². The van der Waals surface area contributed by atoms with Crippen molar-refractivity contribution in [3.63, 3.8) is 0 Å². The molecule has 2 aliphatic heterocycles. The summed E-state index contributed by atoms with van der Waals surface area (Å²) < 4.78 is 40.6. The summed E-state index contributed by atoms with van der Waals surface area (Å²) in [6, 6.07) is 14.5. The molecule has 220 valence electrons. The molecule has 1 spiro atoms. The number of fused-ring (bicyclic) bond motifs is 1. The summed E-state index contributed by atoms with van der Waals surface area (Å²) in [4.78, 5) is 27.0. The van der Waals surface area contributed by atoms with Crippen LogP contribution in [0.2, 0.25) is 0 Å². The van der Waals surface area contributed by atoms with Crippen LogP contribution >= 0.6 is 0 Å². The van der Waals surface area contributed by atoms with Gasteiger partial charge >= 0.3 is 0 Å². The van der Waals surface area contributed by atoms with E-state index in [0.29, 0.717) is 39.7 Å². The third kappa shape index (κ3) is 5.00. The predicted octanol–water partition coefficient (Wildman–Crippen LogP) is 6.33. The van der Waals surface area contributed by atoms with Gasteiger partial charge in [0.2, 0.25) is 0 Å². The van der Waals surface area contributed by atoms with Gasteiger partial charge in [0.1, 0.15) is 29.0 Å². The number of carbonyl (C=O) groups excluding carboxylic acids is 1. The fraction of sp³-hybridized carbons (Fsp3) is 0.303. The molecule has 0 radical (unpaired) electrons. The molecule has 0 atom stereocenters. The minimum atomic E-state index is -0.732. The highest BCUT2D eigenvalue weighted by Gasteiger charge is 2.47. The first kappa shape index (κ1) is 27.1. The van der Waals surface area contributed by atoms with Crippen LogP contribution in [0.1, 0.15) is 40.9 Å². The Morgan fingerprint density at radius 1 is 0.977 bits per heavy atom. The van der Waals surface area contributed by atoms with Crippen LogP contribution in [0.15, 0.2) is 60.8 Å². The standard InChI is InChI=1S/C33H31F2N5O3/c1-42-22-8-6-20(28(14-22)43-2)17-40-18-27-31(32(40)41)26(15-25(37-27)30-23(34)4-3-5-24(30)35)38-29-9-7-21(16-36-29)39-13-12-33(19-39)10-11-33/h3-9,14-16H,10-13,17-19H2,1-2H3,(H,36,37,38). The Labute approximate surface area is 248 Å². The third-order valence-electron chi connectivity index (χ3n) is 8.78. The van der Waals surface area contributed by atoms with Gasteiger partial charge in [0, 0.05) is 24.7 Å². The van der Waals surface area contributed by atoms with Gasteiger partial charge in [-0.05, 0) is 67.1 Å². The molecule has 1 saturated carbocycles. The maximum atomic E-state index is 14.9. The number of benzene rings is 2. The summed E-state index contributed by atoms with van der Waals surface area (Å²) in [7, 11) is 3.13. The number of anilines is 3. The molecule has 43 heavy (non-hydrogen) atoms. The minimum Gasteiger partial charge on any atom is -0.497 e. The number of rotatable bonds is 8. The van der Waals surface area contributed by atoms with Crippen molar-refractivity contribution in [2.24, 2.45) is 5.41 Å². The molecule has 2 fully saturated rings. The van der Waals surface area contributed by atoms with E-state index < -0.39 is 11.6 Å². The van der Waals surface area contributed by atoms with Crippen LogP contribution in [0.3, 0.4) is 0 Å². The second kappa shape index (κ2) is 10.5. The summed E-state index contributed by atoms with van der Waals surface area (Å²) >= 11 is 0. The highest BCUT2D eigenvalue weighted by atomic mass is 19.1. The number of amides is 1. The summed E-state index contributed by atoms with van der Waals surface area (Å²) in [6.07, 6.45) is 5.63. The first-order valence-electron chi connectivity index (χ1n) is 14.3. The average molecular weight is 584 g/mol. The Kier molecular flexibility index (Phi) is 6.64. The smallest absolute Gasteiger partial charge is 0.258 e. The summed E-state index contributed by atoms with van der Waals surface area (Å²) in [5, 5.41) is 3.25. The Morgan fingerprint density at radius 3 is 2.47 bits per heavy atom. The average Bonchev–Trinajstić information content (AvgIpc) is 3.52. The molecule has 1 aliphatic carbocycles. The number of halogens is 2. The number of hydrogen-bond donors (Lipinski definition) is 1. The quantitative estimate of drug-likeness (QED) is 0.260. The van der Waals surface area contributed by atoms with Crippen molar-refractivity contribution in [1.29, 1.82) is 0 Å². The molecule has 3 aliphatic rings. The van der Waals surface area contributed by atoms with Crippen LogP contribution in [0, 0.1) is 17.0 Å². The number of methoxy groups -OCH3 is 2. The van der Waals surface area contributed by atoms with E-state index in [1.165, 1.54) is 43.5 Å². The lowest BCUT2D eigenvalue weighted by Gasteiger charge is -2.19. The maximum Gasteiger partial charge on any atom is 0.258 e. The van der Waals surface area contributed by atoms with Gasteiger partial charge < -0.3 is 24.6 Å². The van der Waals surface area contributed by atoms with Gasteiger partial charge in [-0.15, -0.1) is 0 Å². The highest BCUT2D eigenvalue weighted by molar-refractivity contribution is 6.04. The largest absolute Gasteiger partial charge is 0.497 e. The molecule has 4 heterocycles. The zero-order valence-electron chi connectivity index (χ0n) is 24.0. The number of hydrogen-bond acceptors (Lipinski definition) is 7. The van der Waals surface area contributed by atoms with Crippen LogP contribution in [0.4, 0.5) is 26.0 Å². The SMILES string of the molecule is COc1ccc(CN2Cc3nc(-c4c(F)cccc4F)cc(Nc4ccc(N5CCC6(CC6)C5)cn4)c3C2=O)c(OC)c1. The molecule has 1 amide bonds. The zero-order valence-corrected chi connectivity index (χ0v) is 24.0. The molecule has 8 nitrogen and oxygen atoms in total. The summed E-state index contributed by atoms with van der Waals surface area (Å²) in [5.41, 5.74) is 3.33. The Hall–Kier alpha value is -4.73. The molecule has 0 unspecified atom stereocenters. The number of nitrogens with one attached hydrogen (secondary N) is 1. The highest BCUT2D eigenvalue weighted by Crippen LogP contribution is 2.53. The van der Waals surface area contributed by atoms with Crippen LogP contribution in [0.25, 0.3) is 11.3 Å². The molecule has 7 rings (SSSR count). The Morgan fingerprint density at radius 2 is 1.79 bits per heavy atom. The van der Waals surface area contributed by atoms with E-state index in [-0.39, 0.29) is 30.3 Å². The van der Waals surface area contributed by atoms with Crippen molar-refractivity contribution < 1.29 is 23.0 Å². The van der Waals surface area contributed by atoms with E-state index >= 15 is 0 Å². The number of aromatic nitrogens is 2. The van der Waals surface area contributed by atoms with Crippen molar-refractivity contribution in [2.45, 2.75) is 32.4 Å². The molecule has 1 saturated heterocycles. The molecule has 0 bridgehead atoms. The topological polar surface area (TPSA) is 79.8 Å². The monoisotopic (exact) mass is 583 g/mol. The van der Waals surface area contributed by atoms with Crippen LogP contribution < -0.4 is 19.7 Å². The lowest BCUT2D eigenvalue weighted by molar-refractivity contribution is 0.0766. The van der Waals surface area contributed by atoms with Gasteiger partial charge in [0.25, 0.3) is 5.91 Å². The fourth-order valence-electron chi connectivity index (χ4n) is 6.17. The number of pyridine rings is 2. The van der Waals surface area contributed by atoms with E-state index in [1.807, 2.05) is 24.4 Å². The molecular formula is C33H31F2N5O3. The number of carbonyl (C=O) groups is 1. The minimum absolute atomic E-state index is 0.0944. The fourth-order valence-corrected chi connectivity index (χ4v) is 6.17. The Bertz CT molecular complexity index is 1700. The summed E-state index contributed by atoms with van der Waals surface area (Å²) in [6.45, 7) is 2.48. The molecule has 4 aromatic rings. The van der Waals surface area contributed by atoms with Gasteiger partial charge in [0.05, 0.1) is 67.4 Å². The molecular weight excluding hydrogens is 552 g/mol. The molecule has 2 aromatic carbocycles. The first-order valence-corrected chi connectivity index (χ1v) is 14.3. The van der Waals surface area contributed by atoms with Crippen molar-refractivity contribution in [2.75, 3.05) is 37.5 Å². The second-order valence-electron chi connectivity index (χ2n) is 11.5. The molecule has 1 N–H and O–H groups in total. The van der Waals surface area contributed by atoms with Gasteiger partial charge in [-0.25, -0.2) is 18.7 Å². The maximum absolute atomic E-state index is 14.9. The van der Waals surface area contributed by atoms with Gasteiger partial charge in [-0.3, -0.25) is 4.79 Å². The van der Waals surface area contributed by atoms with E-state index in [9.17, 15) is 13.6 Å². The molecule has 10 heteroatoms. The molecule has 2 aromatic heterocycles. The van der Waals surface area contributed by atoms with Crippen molar-refractivity contribution in [3.8, 4) is 22.8 Å². The lowest BCUT2D eigenvalue weighted by atomic mass is 10.1. The normalized spacial score (nSPS) is 16.5. The van der Waals surface area contributed by atoms with Gasteiger partial charge in [-0.1, -0.05) is 6.07 Å². The summed E-state index contributed by atoms with van der Waals surface area (Å²) in [5.74, 6) is 0.00979. The van der Waals surface area contributed by atoms with Gasteiger partial charge in [-0.2, -0.15) is 0 Å². The lowest BCUT2D eigenvalue weighted by Crippen LogP contribution is -2.24.